The number of methoxy groups -OCH3 is 1. The first kappa shape index (κ1) is 18.2. The Morgan fingerprint density at radius 3 is 2.63 bits per heavy atom. The number of carbonyl (C=O) groups is 2. The Bertz CT molecular complexity index is 985. The van der Waals surface area contributed by atoms with Crippen LogP contribution in [0.4, 0.5) is 10.1 Å². The van der Waals surface area contributed by atoms with E-state index in [9.17, 15) is 14.0 Å². The number of amides is 1. The molecule has 0 spiro atoms. The van der Waals surface area contributed by atoms with Crippen LogP contribution in [0.1, 0.15) is 15.9 Å². The Hall–Kier alpha value is -3.62. The number of anilines is 1. The summed E-state index contributed by atoms with van der Waals surface area (Å²) in [6.07, 6.45) is 0. The molecule has 0 aliphatic carbocycles. The molecular weight excluding hydrogens is 353 g/mol. The molecule has 0 aliphatic heterocycles. The number of carbonyl (C=O) groups excluding carboxylic acids is 2. The van der Waals surface area contributed by atoms with E-state index in [0.29, 0.717) is 5.82 Å². The van der Waals surface area contributed by atoms with Gasteiger partial charge in [-0.3, -0.25) is 4.79 Å². The molecular formula is C18H16FN5O3. The zero-order valence-electron chi connectivity index (χ0n) is 14.6. The van der Waals surface area contributed by atoms with E-state index >= 15 is 0 Å². The molecule has 2 aromatic carbocycles. The monoisotopic (exact) mass is 369 g/mol. The third-order valence-corrected chi connectivity index (χ3v) is 3.71. The van der Waals surface area contributed by atoms with Crippen molar-refractivity contribution < 1.29 is 18.7 Å². The van der Waals surface area contributed by atoms with Crippen molar-refractivity contribution in [3.63, 3.8) is 0 Å². The van der Waals surface area contributed by atoms with Crippen LogP contribution in [-0.2, 0) is 16.1 Å². The smallest absolute Gasteiger partial charge is 0.337 e. The number of tetrazole rings is 1. The highest BCUT2D eigenvalue weighted by atomic mass is 19.1. The number of hydrogen-bond acceptors (Lipinski definition) is 6. The summed E-state index contributed by atoms with van der Waals surface area (Å²) in [6.45, 7) is 1.70. The lowest BCUT2D eigenvalue weighted by molar-refractivity contribution is -0.117. The van der Waals surface area contributed by atoms with E-state index in [1.165, 1.54) is 19.2 Å². The predicted octanol–water partition coefficient (Wildman–Crippen LogP) is 2.21. The molecule has 1 N–H and O–H groups in total. The number of nitrogens with zero attached hydrogens (tertiary/aromatic N) is 4. The maximum absolute atomic E-state index is 13.9. The fourth-order valence-electron chi connectivity index (χ4n) is 2.31. The average Bonchev–Trinajstić information content (AvgIpc) is 3.11. The van der Waals surface area contributed by atoms with Gasteiger partial charge < -0.3 is 10.1 Å². The molecule has 1 aromatic heterocycles. The molecule has 0 aliphatic rings. The van der Waals surface area contributed by atoms with Gasteiger partial charge in [0.25, 0.3) is 0 Å². The van der Waals surface area contributed by atoms with Crippen LogP contribution in [0.15, 0.2) is 42.5 Å². The third-order valence-electron chi connectivity index (χ3n) is 3.71. The number of halogens is 1. The van der Waals surface area contributed by atoms with Gasteiger partial charge in [0.15, 0.2) is 0 Å². The number of rotatable bonds is 5. The molecule has 3 aromatic rings. The number of aromatic nitrogens is 4. The van der Waals surface area contributed by atoms with Crippen LogP contribution in [0.2, 0.25) is 0 Å². The van der Waals surface area contributed by atoms with Gasteiger partial charge in [-0.25, -0.2) is 9.18 Å². The Labute approximate surface area is 154 Å². The largest absolute Gasteiger partial charge is 0.465 e. The van der Waals surface area contributed by atoms with Gasteiger partial charge in [0.2, 0.25) is 11.7 Å². The summed E-state index contributed by atoms with van der Waals surface area (Å²) in [5.74, 6) is -1.50. The van der Waals surface area contributed by atoms with Crippen LogP contribution in [0.25, 0.3) is 11.4 Å². The van der Waals surface area contributed by atoms with Gasteiger partial charge in [-0.1, -0.05) is 29.8 Å². The zero-order chi connectivity index (χ0) is 19.4. The fraction of sp³-hybridized carbons (Fsp3) is 0.167. The van der Waals surface area contributed by atoms with E-state index in [1.54, 1.807) is 0 Å². The summed E-state index contributed by atoms with van der Waals surface area (Å²) in [6, 6.07) is 11.1. The second-order valence-corrected chi connectivity index (χ2v) is 5.74. The van der Waals surface area contributed by atoms with Crippen molar-refractivity contribution >= 4 is 17.6 Å². The zero-order valence-corrected chi connectivity index (χ0v) is 14.6. The second-order valence-electron chi connectivity index (χ2n) is 5.74. The molecule has 1 heterocycles. The minimum atomic E-state index is -0.678. The van der Waals surface area contributed by atoms with Gasteiger partial charge in [-0.05, 0) is 30.3 Å². The highest BCUT2D eigenvalue weighted by Crippen LogP contribution is 2.17. The van der Waals surface area contributed by atoms with Gasteiger partial charge in [-0.15, -0.1) is 10.2 Å². The van der Waals surface area contributed by atoms with Crippen LogP contribution in [-0.4, -0.2) is 39.2 Å². The lowest BCUT2D eigenvalue weighted by Gasteiger charge is -2.07. The van der Waals surface area contributed by atoms with Crippen LogP contribution in [0.5, 0.6) is 0 Å². The van der Waals surface area contributed by atoms with Crippen molar-refractivity contribution in [2.24, 2.45) is 0 Å². The van der Waals surface area contributed by atoms with E-state index in [2.05, 4.69) is 25.5 Å². The summed E-state index contributed by atoms with van der Waals surface area (Å²) >= 11 is 0. The van der Waals surface area contributed by atoms with Crippen LogP contribution in [0.3, 0.4) is 0 Å². The number of ether oxygens (including phenoxy) is 1. The maximum Gasteiger partial charge on any atom is 0.337 e. The molecule has 0 saturated carbocycles. The molecule has 27 heavy (non-hydrogen) atoms. The molecule has 0 unspecified atom stereocenters. The molecule has 0 radical (unpaired) electrons. The van der Waals surface area contributed by atoms with Crippen molar-refractivity contribution in [2.45, 2.75) is 13.5 Å². The number of esters is 1. The standard InChI is InChI=1S/C18H16FN5O3/c1-11-3-5-12(6-4-11)17-21-23-24(22-17)10-16(25)20-15-9-13(18(26)27-2)7-8-14(15)19/h3-9H,10H2,1-2H3,(H,20,25). The summed E-state index contributed by atoms with van der Waals surface area (Å²) in [5.41, 5.74) is 1.85. The van der Waals surface area contributed by atoms with Gasteiger partial charge in [0.1, 0.15) is 12.4 Å². The quantitative estimate of drug-likeness (QED) is 0.693. The van der Waals surface area contributed by atoms with Crippen LogP contribution < -0.4 is 5.32 Å². The molecule has 0 bridgehead atoms. The maximum atomic E-state index is 13.9. The van der Waals surface area contributed by atoms with Gasteiger partial charge in [-0.2, -0.15) is 4.80 Å². The lowest BCUT2D eigenvalue weighted by atomic mass is 10.1. The van der Waals surface area contributed by atoms with E-state index in [-0.39, 0.29) is 17.8 Å². The molecule has 9 heteroatoms. The average molecular weight is 369 g/mol. The first-order valence-electron chi connectivity index (χ1n) is 7.99. The first-order chi connectivity index (χ1) is 13.0. The summed E-state index contributed by atoms with van der Waals surface area (Å²) in [4.78, 5) is 24.8. The van der Waals surface area contributed by atoms with Gasteiger partial charge in [0.05, 0.1) is 18.4 Å². The van der Waals surface area contributed by atoms with Gasteiger partial charge in [0, 0.05) is 5.56 Å². The molecule has 8 nitrogen and oxygen atoms in total. The van der Waals surface area contributed by atoms with Crippen molar-refractivity contribution in [3.8, 4) is 11.4 Å². The van der Waals surface area contributed by atoms with Crippen molar-refractivity contribution in [1.82, 2.24) is 20.2 Å². The van der Waals surface area contributed by atoms with E-state index in [1.807, 2.05) is 31.2 Å². The van der Waals surface area contributed by atoms with Crippen LogP contribution >= 0.6 is 0 Å². The molecule has 138 valence electrons. The highest BCUT2D eigenvalue weighted by Gasteiger charge is 2.14. The second kappa shape index (κ2) is 7.73. The molecule has 3 rings (SSSR count). The Kier molecular flexibility index (Phi) is 5.20. The topological polar surface area (TPSA) is 99.0 Å². The van der Waals surface area contributed by atoms with Crippen molar-refractivity contribution in [2.75, 3.05) is 12.4 Å². The normalized spacial score (nSPS) is 10.5. The van der Waals surface area contributed by atoms with Crippen molar-refractivity contribution in [3.05, 3.63) is 59.4 Å². The Morgan fingerprint density at radius 1 is 1.19 bits per heavy atom. The first-order valence-corrected chi connectivity index (χ1v) is 7.99. The fourth-order valence-corrected chi connectivity index (χ4v) is 2.31. The molecule has 0 saturated heterocycles. The molecule has 1 amide bonds. The Morgan fingerprint density at radius 2 is 1.93 bits per heavy atom. The summed E-state index contributed by atoms with van der Waals surface area (Å²) in [5, 5.41) is 14.3. The summed E-state index contributed by atoms with van der Waals surface area (Å²) < 4.78 is 18.5. The third kappa shape index (κ3) is 4.32. The summed E-state index contributed by atoms with van der Waals surface area (Å²) in [7, 11) is 1.21. The van der Waals surface area contributed by atoms with Crippen molar-refractivity contribution in [1.29, 1.82) is 0 Å². The van der Waals surface area contributed by atoms with Crippen LogP contribution in [0, 0.1) is 12.7 Å². The minimum Gasteiger partial charge on any atom is -0.465 e. The predicted molar refractivity (Wildman–Crippen MR) is 94.4 cm³/mol. The van der Waals surface area contributed by atoms with E-state index < -0.39 is 17.7 Å². The highest BCUT2D eigenvalue weighted by molar-refractivity contribution is 5.94. The number of aryl methyl sites for hydroxylation is 1. The minimum absolute atomic E-state index is 0.120. The number of benzene rings is 2. The lowest BCUT2D eigenvalue weighted by Crippen LogP contribution is -2.21. The van der Waals surface area contributed by atoms with Gasteiger partial charge >= 0.3 is 5.97 Å². The van der Waals surface area contributed by atoms with E-state index in [0.717, 1.165) is 22.0 Å². The Balaban J connectivity index is 1.70. The molecule has 0 fully saturated rings. The molecule has 0 atom stereocenters. The SMILES string of the molecule is COC(=O)c1ccc(F)c(NC(=O)Cn2nnc(-c3ccc(C)cc3)n2)c1. The number of nitrogens with one attached hydrogen (secondary N) is 1. The number of hydrogen-bond donors (Lipinski definition) is 1. The van der Waals surface area contributed by atoms with E-state index in [4.69, 9.17) is 0 Å².